The highest BCUT2D eigenvalue weighted by molar-refractivity contribution is 5.89. The molecule has 1 aromatic carbocycles. The summed E-state index contributed by atoms with van der Waals surface area (Å²) in [7, 11) is 0. The summed E-state index contributed by atoms with van der Waals surface area (Å²) in [5, 5.41) is 0. The Morgan fingerprint density at radius 2 is 2.07 bits per heavy atom. The van der Waals surface area contributed by atoms with Crippen molar-refractivity contribution in [2.75, 3.05) is 13.2 Å². The molecule has 3 heterocycles. The van der Waals surface area contributed by atoms with Gasteiger partial charge in [-0.2, -0.15) is 0 Å². The Hall–Kier alpha value is -2.86. The Bertz CT molecular complexity index is 927. The predicted molar refractivity (Wildman–Crippen MR) is 100.0 cm³/mol. The van der Waals surface area contributed by atoms with Crippen LogP contribution >= 0.6 is 0 Å². The van der Waals surface area contributed by atoms with E-state index in [1.54, 1.807) is 24.3 Å². The molecule has 1 aliphatic rings. The van der Waals surface area contributed by atoms with Crippen LogP contribution in [0.3, 0.4) is 0 Å². The lowest BCUT2D eigenvalue weighted by Crippen LogP contribution is -2.16. The fourth-order valence-electron chi connectivity index (χ4n) is 3.10. The van der Waals surface area contributed by atoms with Gasteiger partial charge in [-0.1, -0.05) is 6.07 Å². The molecule has 0 unspecified atom stereocenters. The van der Waals surface area contributed by atoms with Gasteiger partial charge in [0.15, 0.2) is 0 Å². The second-order valence-electron chi connectivity index (χ2n) is 6.75. The zero-order valence-electron chi connectivity index (χ0n) is 15.3. The number of ether oxygens (including phenoxy) is 3. The van der Waals surface area contributed by atoms with E-state index >= 15 is 0 Å². The summed E-state index contributed by atoms with van der Waals surface area (Å²) in [5.41, 5.74) is 3.18. The molecule has 1 atom stereocenters. The Morgan fingerprint density at radius 3 is 2.85 bits per heavy atom. The summed E-state index contributed by atoms with van der Waals surface area (Å²) in [6.07, 6.45) is 6.15. The summed E-state index contributed by atoms with van der Waals surface area (Å²) in [5.74, 6) is 0.340. The van der Waals surface area contributed by atoms with Gasteiger partial charge in [0.1, 0.15) is 24.6 Å². The second kappa shape index (κ2) is 7.80. The molecule has 0 spiro atoms. The number of carbonyl (C=O) groups excluding carboxylic acids is 1. The molecule has 0 saturated carbocycles. The topological polar surface area (TPSA) is 62.1 Å². The van der Waals surface area contributed by atoms with Crippen molar-refractivity contribution >= 4 is 11.6 Å². The van der Waals surface area contributed by atoms with Crippen molar-refractivity contribution in [2.24, 2.45) is 0 Å². The number of carbonyl (C=O) groups is 1. The standard InChI is InChI=1S/C21H22N2O4/c1-15-4-9-20-22-17(12-23(20)11-15)13-27-21(24)16-5-7-18(8-6-16)26-14-19-3-2-10-25-19/h4-9,11-12,19H,2-3,10,13-14H2,1H3/t19-/m1/s1. The molecule has 6 nitrogen and oxygen atoms in total. The maximum atomic E-state index is 12.2. The quantitative estimate of drug-likeness (QED) is 0.624. The molecule has 1 saturated heterocycles. The molecule has 0 radical (unpaired) electrons. The normalized spacial score (nSPS) is 16.6. The van der Waals surface area contributed by atoms with E-state index in [1.165, 1.54) is 0 Å². The molecule has 0 N–H and O–H groups in total. The van der Waals surface area contributed by atoms with Crippen LogP contribution in [0, 0.1) is 6.92 Å². The number of esters is 1. The number of imidazole rings is 1. The van der Waals surface area contributed by atoms with Gasteiger partial charge in [-0.25, -0.2) is 9.78 Å². The Kier molecular flexibility index (Phi) is 5.07. The molecule has 6 heteroatoms. The summed E-state index contributed by atoms with van der Waals surface area (Å²) < 4.78 is 18.5. The minimum atomic E-state index is -0.381. The van der Waals surface area contributed by atoms with Crippen molar-refractivity contribution in [3.05, 3.63) is 65.6 Å². The zero-order chi connectivity index (χ0) is 18.6. The first kappa shape index (κ1) is 17.5. The number of nitrogens with zero attached hydrogens (tertiary/aromatic N) is 2. The second-order valence-corrected chi connectivity index (χ2v) is 6.75. The van der Waals surface area contributed by atoms with E-state index in [0.29, 0.717) is 17.9 Å². The first-order valence-electron chi connectivity index (χ1n) is 9.13. The number of pyridine rings is 1. The van der Waals surface area contributed by atoms with E-state index in [2.05, 4.69) is 4.98 Å². The van der Waals surface area contributed by atoms with Gasteiger partial charge in [-0.05, 0) is 55.7 Å². The molecule has 4 rings (SSSR count). The van der Waals surface area contributed by atoms with Gasteiger partial charge in [0.2, 0.25) is 0 Å². The molecular formula is C21H22N2O4. The molecule has 2 aromatic heterocycles. The summed E-state index contributed by atoms with van der Waals surface area (Å²) in [6.45, 7) is 3.51. The van der Waals surface area contributed by atoms with Gasteiger partial charge >= 0.3 is 5.97 Å². The smallest absolute Gasteiger partial charge is 0.338 e. The van der Waals surface area contributed by atoms with Crippen LogP contribution in [0.5, 0.6) is 5.75 Å². The SMILES string of the molecule is Cc1ccc2nc(COC(=O)c3ccc(OC[C@H]4CCCO4)cc3)cn2c1. The number of benzene rings is 1. The van der Waals surface area contributed by atoms with Crippen LogP contribution in [-0.4, -0.2) is 34.7 Å². The minimum Gasteiger partial charge on any atom is -0.491 e. The third-order valence-corrected chi connectivity index (χ3v) is 4.55. The monoisotopic (exact) mass is 366 g/mol. The van der Waals surface area contributed by atoms with Crippen LogP contribution in [0.25, 0.3) is 5.65 Å². The highest BCUT2D eigenvalue weighted by atomic mass is 16.5. The molecule has 27 heavy (non-hydrogen) atoms. The average molecular weight is 366 g/mol. The lowest BCUT2D eigenvalue weighted by Gasteiger charge is -2.11. The van der Waals surface area contributed by atoms with Crippen LogP contribution in [0.1, 0.15) is 34.5 Å². The van der Waals surface area contributed by atoms with Crippen LogP contribution < -0.4 is 4.74 Å². The van der Waals surface area contributed by atoms with Gasteiger partial charge in [0.25, 0.3) is 0 Å². The first-order chi connectivity index (χ1) is 13.2. The van der Waals surface area contributed by atoms with Crippen molar-refractivity contribution in [2.45, 2.75) is 32.5 Å². The maximum absolute atomic E-state index is 12.2. The Labute approximate surface area is 157 Å². The van der Waals surface area contributed by atoms with Gasteiger partial charge in [0, 0.05) is 19.0 Å². The minimum absolute atomic E-state index is 0.136. The lowest BCUT2D eigenvalue weighted by molar-refractivity contribution is 0.0468. The molecule has 1 fully saturated rings. The largest absolute Gasteiger partial charge is 0.491 e. The lowest BCUT2D eigenvalue weighted by atomic mass is 10.2. The summed E-state index contributed by atoms with van der Waals surface area (Å²) in [6, 6.07) is 10.9. The van der Waals surface area contributed by atoms with E-state index < -0.39 is 0 Å². The van der Waals surface area contributed by atoms with E-state index in [1.807, 2.05) is 35.9 Å². The highest BCUT2D eigenvalue weighted by Crippen LogP contribution is 2.17. The van der Waals surface area contributed by atoms with E-state index in [-0.39, 0.29) is 18.7 Å². The zero-order valence-corrected chi connectivity index (χ0v) is 15.3. The third kappa shape index (κ3) is 4.28. The van der Waals surface area contributed by atoms with E-state index in [9.17, 15) is 4.79 Å². The van der Waals surface area contributed by atoms with E-state index in [0.717, 1.165) is 36.4 Å². The molecule has 0 amide bonds. The number of aromatic nitrogens is 2. The predicted octanol–water partition coefficient (Wildman–Crippen LogP) is 3.56. The van der Waals surface area contributed by atoms with Crippen molar-refractivity contribution in [3.63, 3.8) is 0 Å². The number of aryl methyl sites for hydroxylation is 1. The molecular weight excluding hydrogens is 344 g/mol. The maximum Gasteiger partial charge on any atom is 0.338 e. The van der Waals surface area contributed by atoms with Gasteiger partial charge in [-0.3, -0.25) is 0 Å². The number of hydrogen-bond donors (Lipinski definition) is 0. The van der Waals surface area contributed by atoms with Gasteiger partial charge in [-0.15, -0.1) is 0 Å². The van der Waals surface area contributed by atoms with Gasteiger partial charge in [0.05, 0.1) is 17.4 Å². The van der Waals surface area contributed by atoms with Gasteiger partial charge < -0.3 is 18.6 Å². The van der Waals surface area contributed by atoms with Crippen molar-refractivity contribution in [3.8, 4) is 5.75 Å². The molecule has 1 aliphatic heterocycles. The Morgan fingerprint density at radius 1 is 1.22 bits per heavy atom. The van der Waals surface area contributed by atoms with E-state index in [4.69, 9.17) is 14.2 Å². The van der Waals surface area contributed by atoms with Crippen molar-refractivity contribution in [1.82, 2.24) is 9.38 Å². The van der Waals surface area contributed by atoms with Crippen LogP contribution in [0.2, 0.25) is 0 Å². The number of fused-ring (bicyclic) bond motifs is 1. The molecule has 3 aromatic rings. The van der Waals surface area contributed by atoms with Crippen LogP contribution in [-0.2, 0) is 16.1 Å². The van der Waals surface area contributed by atoms with Crippen LogP contribution in [0.15, 0.2) is 48.8 Å². The first-order valence-corrected chi connectivity index (χ1v) is 9.13. The molecule has 0 bridgehead atoms. The average Bonchev–Trinajstić information content (AvgIpc) is 3.34. The summed E-state index contributed by atoms with van der Waals surface area (Å²) in [4.78, 5) is 16.7. The summed E-state index contributed by atoms with van der Waals surface area (Å²) >= 11 is 0. The number of hydrogen-bond acceptors (Lipinski definition) is 5. The fourth-order valence-corrected chi connectivity index (χ4v) is 3.10. The number of rotatable bonds is 6. The fraction of sp³-hybridized carbons (Fsp3) is 0.333. The van der Waals surface area contributed by atoms with Crippen molar-refractivity contribution < 1.29 is 19.0 Å². The Balaban J connectivity index is 1.31. The van der Waals surface area contributed by atoms with Crippen LogP contribution in [0.4, 0.5) is 0 Å². The van der Waals surface area contributed by atoms with Crippen molar-refractivity contribution in [1.29, 1.82) is 0 Å². The molecule has 0 aliphatic carbocycles. The molecule has 140 valence electrons. The third-order valence-electron chi connectivity index (χ3n) is 4.55. The highest BCUT2D eigenvalue weighted by Gasteiger charge is 2.16.